The Bertz CT molecular complexity index is 845. The molecule has 1 aromatic heterocycles. The summed E-state index contributed by atoms with van der Waals surface area (Å²) in [5.74, 6) is 0.195. The van der Waals surface area contributed by atoms with E-state index in [1.54, 1.807) is 23.3 Å². The van der Waals surface area contributed by atoms with Crippen LogP contribution < -0.4 is 0 Å². The van der Waals surface area contributed by atoms with Crippen LogP contribution in [0.3, 0.4) is 0 Å². The largest absolute Gasteiger partial charge is 0.340 e. The number of likely N-dealkylation sites (N-methyl/N-ethyl adjacent to an activating group) is 2. The lowest BCUT2D eigenvalue weighted by Crippen LogP contribution is -2.48. The van der Waals surface area contributed by atoms with Crippen molar-refractivity contribution in [3.8, 4) is 0 Å². The molecule has 136 valence electrons. The van der Waals surface area contributed by atoms with Gasteiger partial charge in [0, 0.05) is 13.1 Å². The standard InChI is InChI=1S/C17H23N3O3S2/c1-12(17(21)20(3)13-8-9-25(22,23)11-13)19(2)10-16-18-14-6-4-5-7-15(14)24-16/h4-7,12-13H,8-11H2,1-3H3/t12-,13-/m1/s1. The Morgan fingerprint density at radius 2 is 2.08 bits per heavy atom. The number of aromatic nitrogens is 1. The van der Waals surface area contributed by atoms with Crippen molar-refractivity contribution in [2.45, 2.75) is 32.0 Å². The van der Waals surface area contributed by atoms with Gasteiger partial charge in [-0.1, -0.05) is 12.1 Å². The molecule has 1 aliphatic rings. The summed E-state index contributed by atoms with van der Waals surface area (Å²) in [5, 5.41) is 0.967. The number of carbonyl (C=O) groups excluding carboxylic acids is 1. The topological polar surface area (TPSA) is 70.6 Å². The van der Waals surface area contributed by atoms with E-state index < -0.39 is 9.84 Å². The van der Waals surface area contributed by atoms with Crippen LogP contribution in [-0.2, 0) is 21.2 Å². The molecule has 0 aliphatic carbocycles. The Morgan fingerprint density at radius 1 is 1.36 bits per heavy atom. The molecule has 1 amide bonds. The van der Waals surface area contributed by atoms with E-state index in [1.807, 2.05) is 43.1 Å². The van der Waals surface area contributed by atoms with Gasteiger partial charge in [-0.2, -0.15) is 0 Å². The van der Waals surface area contributed by atoms with Crippen LogP contribution in [0.1, 0.15) is 18.4 Å². The minimum atomic E-state index is -3.00. The minimum absolute atomic E-state index is 0.0503. The number of fused-ring (bicyclic) bond motifs is 1. The molecule has 0 saturated carbocycles. The van der Waals surface area contributed by atoms with Gasteiger partial charge < -0.3 is 4.90 Å². The fourth-order valence-corrected chi connectivity index (χ4v) is 5.89. The van der Waals surface area contributed by atoms with E-state index in [0.717, 1.165) is 15.2 Å². The van der Waals surface area contributed by atoms with E-state index in [1.165, 1.54) is 0 Å². The average molecular weight is 382 g/mol. The van der Waals surface area contributed by atoms with Crippen molar-refractivity contribution in [2.75, 3.05) is 25.6 Å². The zero-order chi connectivity index (χ0) is 18.2. The van der Waals surface area contributed by atoms with Crippen molar-refractivity contribution in [3.63, 3.8) is 0 Å². The van der Waals surface area contributed by atoms with Crippen LogP contribution in [0.2, 0.25) is 0 Å². The number of rotatable bonds is 5. The lowest BCUT2D eigenvalue weighted by atomic mass is 10.2. The molecule has 1 fully saturated rings. The summed E-state index contributed by atoms with van der Waals surface area (Å²) in [7, 11) is 0.602. The van der Waals surface area contributed by atoms with Gasteiger partial charge in [0.05, 0.1) is 34.3 Å². The Hall–Kier alpha value is -1.51. The molecule has 2 heterocycles. The number of thiazole rings is 1. The lowest BCUT2D eigenvalue weighted by Gasteiger charge is -2.30. The maximum Gasteiger partial charge on any atom is 0.239 e. The molecule has 1 aliphatic heterocycles. The molecule has 3 rings (SSSR count). The van der Waals surface area contributed by atoms with Crippen molar-refractivity contribution in [2.24, 2.45) is 0 Å². The van der Waals surface area contributed by atoms with Crippen LogP contribution in [0.5, 0.6) is 0 Å². The van der Waals surface area contributed by atoms with Gasteiger partial charge in [0.15, 0.2) is 9.84 Å². The molecule has 2 aromatic rings. The third kappa shape index (κ3) is 4.02. The first-order valence-corrected chi connectivity index (χ1v) is 10.9. The molecule has 0 spiro atoms. The van der Waals surface area contributed by atoms with Gasteiger partial charge in [-0.25, -0.2) is 13.4 Å². The van der Waals surface area contributed by atoms with Gasteiger partial charge in [-0.15, -0.1) is 11.3 Å². The van der Waals surface area contributed by atoms with Crippen LogP contribution in [0.15, 0.2) is 24.3 Å². The predicted molar refractivity (Wildman–Crippen MR) is 100 cm³/mol. The summed E-state index contributed by atoms with van der Waals surface area (Å²) in [6, 6.07) is 7.44. The zero-order valence-electron chi connectivity index (χ0n) is 14.7. The SMILES string of the molecule is C[C@H](C(=O)N(C)[C@@H]1CCS(=O)(=O)C1)N(C)Cc1nc2ccccc2s1. The number of benzene rings is 1. The van der Waals surface area contributed by atoms with Crippen LogP contribution >= 0.6 is 11.3 Å². The second kappa shape index (κ2) is 7.01. The number of hydrogen-bond donors (Lipinski definition) is 0. The minimum Gasteiger partial charge on any atom is -0.340 e. The second-order valence-electron chi connectivity index (χ2n) is 6.67. The fourth-order valence-electron chi connectivity index (χ4n) is 3.08. The van der Waals surface area contributed by atoms with E-state index in [4.69, 9.17) is 0 Å². The number of sulfone groups is 1. The number of hydrogen-bond acceptors (Lipinski definition) is 6. The maximum atomic E-state index is 12.7. The first kappa shape index (κ1) is 18.3. The summed E-state index contributed by atoms with van der Waals surface area (Å²) < 4.78 is 24.4. The number of nitrogens with zero attached hydrogens (tertiary/aromatic N) is 3. The van der Waals surface area contributed by atoms with Crippen molar-refractivity contribution >= 4 is 37.3 Å². The van der Waals surface area contributed by atoms with Gasteiger partial charge in [-0.05, 0) is 32.5 Å². The molecule has 0 unspecified atom stereocenters. The zero-order valence-corrected chi connectivity index (χ0v) is 16.3. The van der Waals surface area contributed by atoms with Crippen LogP contribution in [-0.4, -0.2) is 66.8 Å². The number of amides is 1. The molecular formula is C17H23N3O3S2. The van der Waals surface area contributed by atoms with Gasteiger partial charge >= 0.3 is 0 Å². The van der Waals surface area contributed by atoms with Gasteiger partial charge in [0.1, 0.15) is 5.01 Å². The molecule has 0 radical (unpaired) electrons. The second-order valence-corrected chi connectivity index (χ2v) is 10.0. The normalized spacial score (nSPS) is 20.9. The van der Waals surface area contributed by atoms with Gasteiger partial charge in [0.2, 0.25) is 5.91 Å². The first-order chi connectivity index (χ1) is 11.8. The van der Waals surface area contributed by atoms with E-state index in [0.29, 0.717) is 13.0 Å². The highest BCUT2D eigenvalue weighted by atomic mass is 32.2. The van der Waals surface area contributed by atoms with Crippen molar-refractivity contribution in [1.29, 1.82) is 0 Å². The third-order valence-electron chi connectivity index (χ3n) is 4.85. The highest BCUT2D eigenvalue weighted by molar-refractivity contribution is 7.91. The number of para-hydroxylation sites is 1. The van der Waals surface area contributed by atoms with Crippen molar-refractivity contribution < 1.29 is 13.2 Å². The average Bonchev–Trinajstić information content (AvgIpc) is 3.14. The summed E-state index contributed by atoms with van der Waals surface area (Å²) in [6.07, 6.45) is 0.527. The van der Waals surface area contributed by atoms with E-state index in [2.05, 4.69) is 4.98 Å². The van der Waals surface area contributed by atoms with Crippen molar-refractivity contribution in [3.05, 3.63) is 29.3 Å². The van der Waals surface area contributed by atoms with Gasteiger partial charge in [0.25, 0.3) is 0 Å². The van der Waals surface area contributed by atoms with Crippen LogP contribution in [0.25, 0.3) is 10.2 Å². The quantitative estimate of drug-likeness (QED) is 0.789. The molecule has 25 heavy (non-hydrogen) atoms. The highest BCUT2D eigenvalue weighted by Crippen LogP contribution is 2.23. The number of carbonyl (C=O) groups is 1. The summed E-state index contributed by atoms with van der Waals surface area (Å²) in [6.45, 7) is 2.44. The molecule has 8 heteroatoms. The first-order valence-electron chi connectivity index (χ1n) is 8.28. The Kier molecular flexibility index (Phi) is 5.13. The molecule has 6 nitrogen and oxygen atoms in total. The monoisotopic (exact) mass is 381 g/mol. The molecule has 1 saturated heterocycles. The van der Waals surface area contributed by atoms with Crippen molar-refractivity contribution in [1.82, 2.24) is 14.8 Å². The third-order valence-corrected chi connectivity index (χ3v) is 7.62. The summed E-state index contributed by atoms with van der Waals surface area (Å²) in [4.78, 5) is 20.9. The van der Waals surface area contributed by atoms with Crippen LogP contribution in [0, 0.1) is 0 Å². The molecule has 1 aromatic carbocycles. The fraction of sp³-hybridized carbons (Fsp3) is 0.529. The molecular weight excluding hydrogens is 358 g/mol. The Morgan fingerprint density at radius 3 is 2.72 bits per heavy atom. The summed E-state index contributed by atoms with van der Waals surface area (Å²) >= 11 is 1.63. The van der Waals surface area contributed by atoms with E-state index in [9.17, 15) is 13.2 Å². The molecule has 0 bridgehead atoms. The lowest BCUT2D eigenvalue weighted by molar-refractivity contribution is -0.136. The highest BCUT2D eigenvalue weighted by Gasteiger charge is 2.34. The Balaban J connectivity index is 1.64. The Labute approximate surface area is 152 Å². The maximum absolute atomic E-state index is 12.7. The smallest absolute Gasteiger partial charge is 0.239 e. The van der Waals surface area contributed by atoms with Crippen LogP contribution in [0.4, 0.5) is 0 Å². The van der Waals surface area contributed by atoms with E-state index in [-0.39, 0.29) is 29.5 Å². The summed E-state index contributed by atoms with van der Waals surface area (Å²) in [5.41, 5.74) is 0.975. The van der Waals surface area contributed by atoms with Gasteiger partial charge in [-0.3, -0.25) is 9.69 Å². The molecule has 2 atom stereocenters. The predicted octanol–water partition coefficient (Wildman–Crippen LogP) is 1.76. The van der Waals surface area contributed by atoms with E-state index >= 15 is 0 Å². The molecule has 0 N–H and O–H groups in total.